The number of carboxylic acid groups (broad SMARTS) is 3. The molecule has 13 nitrogen and oxygen atoms in total. The molecule has 4 atom stereocenters. The fourth-order valence-electron chi connectivity index (χ4n) is 2.74. The molecule has 0 saturated carbocycles. The van der Waals surface area contributed by atoms with E-state index in [1.165, 1.54) is 0 Å². The van der Waals surface area contributed by atoms with Gasteiger partial charge in [0.15, 0.2) is 0 Å². The van der Waals surface area contributed by atoms with Gasteiger partial charge in [-0.1, -0.05) is 30.3 Å². The average Bonchev–Trinajstić information content (AvgIpc) is 2.76. The van der Waals surface area contributed by atoms with Crippen LogP contribution in [0.25, 0.3) is 0 Å². The van der Waals surface area contributed by atoms with Crippen molar-refractivity contribution in [3.05, 3.63) is 35.9 Å². The second-order valence-electron chi connectivity index (χ2n) is 7.20. The number of hydrogen-bond acceptors (Lipinski definition) is 8. The van der Waals surface area contributed by atoms with Crippen molar-refractivity contribution in [2.45, 2.75) is 43.4 Å². The van der Waals surface area contributed by atoms with Gasteiger partial charge in [-0.2, -0.15) is 12.6 Å². The van der Waals surface area contributed by atoms with E-state index in [2.05, 4.69) is 23.3 Å². The van der Waals surface area contributed by atoms with E-state index in [1.54, 1.807) is 30.3 Å². The van der Waals surface area contributed by atoms with Gasteiger partial charge in [-0.15, -0.1) is 0 Å². The molecule has 0 heterocycles. The highest BCUT2D eigenvalue weighted by molar-refractivity contribution is 7.80. The molecule has 0 spiro atoms. The van der Waals surface area contributed by atoms with Crippen LogP contribution in [0.5, 0.6) is 0 Å². The lowest BCUT2D eigenvalue weighted by molar-refractivity contribution is -0.148. The number of amides is 3. The second kappa shape index (κ2) is 13.8. The van der Waals surface area contributed by atoms with Crippen molar-refractivity contribution in [1.82, 2.24) is 16.0 Å². The molecule has 1 aromatic carbocycles. The Bertz CT molecular complexity index is 913. The fraction of sp³-hybridized carbons (Fsp3) is 0.400. The normalized spacial score (nSPS) is 14.1. The Morgan fingerprint density at radius 1 is 0.765 bits per heavy atom. The van der Waals surface area contributed by atoms with E-state index in [9.17, 15) is 28.8 Å². The maximum Gasteiger partial charge on any atom is 0.326 e. The van der Waals surface area contributed by atoms with E-state index >= 15 is 0 Å². The van der Waals surface area contributed by atoms with E-state index < -0.39 is 72.6 Å². The topological polar surface area (TPSA) is 225 Å². The van der Waals surface area contributed by atoms with Crippen molar-refractivity contribution in [3.63, 3.8) is 0 Å². The van der Waals surface area contributed by atoms with Gasteiger partial charge in [0.05, 0.1) is 18.9 Å². The molecule has 0 aliphatic carbocycles. The zero-order valence-electron chi connectivity index (χ0n) is 17.8. The van der Waals surface area contributed by atoms with Gasteiger partial charge in [0, 0.05) is 5.75 Å². The largest absolute Gasteiger partial charge is 0.481 e. The van der Waals surface area contributed by atoms with Crippen molar-refractivity contribution in [2.75, 3.05) is 5.75 Å². The van der Waals surface area contributed by atoms with Crippen LogP contribution in [0.15, 0.2) is 30.3 Å². The summed E-state index contributed by atoms with van der Waals surface area (Å²) >= 11 is 3.99. The molecule has 0 bridgehead atoms. The Morgan fingerprint density at radius 3 is 1.74 bits per heavy atom. The molecule has 1 aromatic rings. The van der Waals surface area contributed by atoms with Crippen LogP contribution in [0.2, 0.25) is 0 Å². The molecule has 0 aliphatic rings. The zero-order chi connectivity index (χ0) is 25.8. The first-order valence-electron chi connectivity index (χ1n) is 9.92. The first kappa shape index (κ1) is 28.4. The molecule has 0 saturated heterocycles. The van der Waals surface area contributed by atoms with E-state index in [0.29, 0.717) is 0 Å². The summed E-state index contributed by atoms with van der Waals surface area (Å²) in [5.74, 6) is -7.79. The van der Waals surface area contributed by atoms with Crippen LogP contribution >= 0.6 is 12.6 Å². The highest BCUT2D eigenvalue weighted by atomic mass is 32.1. The van der Waals surface area contributed by atoms with Crippen molar-refractivity contribution in [3.8, 4) is 0 Å². The van der Waals surface area contributed by atoms with Gasteiger partial charge in [0.1, 0.15) is 18.1 Å². The Balaban J connectivity index is 2.85. The predicted molar refractivity (Wildman–Crippen MR) is 120 cm³/mol. The molecule has 0 aliphatic heterocycles. The zero-order valence-corrected chi connectivity index (χ0v) is 18.7. The van der Waals surface area contributed by atoms with Gasteiger partial charge in [-0.25, -0.2) is 4.79 Å². The Hall–Kier alpha value is -3.65. The van der Waals surface area contributed by atoms with Crippen LogP contribution in [0, 0.1) is 0 Å². The third-order valence-electron chi connectivity index (χ3n) is 4.46. The molecule has 3 amide bonds. The summed E-state index contributed by atoms with van der Waals surface area (Å²) in [5.41, 5.74) is 6.66. The van der Waals surface area contributed by atoms with E-state index in [1.807, 2.05) is 5.32 Å². The summed E-state index contributed by atoms with van der Waals surface area (Å²) in [5, 5.41) is 33.2. The van der Waals surface area contributed by atoms with Gasteiger partial charge in [0.25, 0.3) is 0 Å². The summed E-state index contributed by atoms with van der Waals surface area (Å²) in [6.45, 7) is 0. The maximum atomic E-state index is 12.6. The third-order valence-corrected chi connectivity index (χ3v) is 4.82. The van der Waals surface area contributed by atoms with Crippen molar-refractivity contribution < 1.29 is 44.1 Å². The number of nitrogens with one attached hydrogen (secondary N) is 3. The van der Waals surface area contributed by atoms with E-state index in [0.717, 1.165) is 5.56 Å². The fourth-order valence-corrected chi connectivity index (χ4v) is 2.99. The van der Waals surface area contributed by atoms with Crippen molar-refractivity contribution in [1.29, 1.82) is 0 Å². The lowest BCUT2D eigenvalue weighted by Crippen LogP contribution is -2.58. The van der Waals surface area contributed by atoms with Crippen LogP contribution in [-0.2, 0) is 35.2 Å². The van der Waals surface area contributed by atoms with Gasteiger partial charge < -0.3 is 37.0 Å². The van der Waals surface area contributed by atoms with Crippen LogP contribution in [-0.4, -0.2) is 80.9 Å². The number of carboxylic acids is 3. The highest BCUT2D eigenvalue weighted by Crippen LogP contribution is 2.04. The molecule has 34 heavy (non-hydrogen) atoms. The quantitative estimate of drug-likeness (QED) is 0.131. The Morgan fingerprint density at radius 2 is 1.24 bits per heavy atom. The minimum Gasteiger partial charge on any atom is -0.481 e. The number of benzene rings is 1. The molecule has 4 unspecified atom stereocenters. The SMILES string of the molecule is NC(Cc1ccccc1)C(=O)NC(CS)C(=O)NC(CC(=O)O)C(=O)NC(CC(=O)O)C(=O)O. The minimum atomic E-state index is -1.85. The first-order valence-corrected chi connectivity index (χ1v) is 10.6. The molecule has 1 rings (SSSR count). The van der Waals surface area contributed by atoms with E-state index in [4.69, 9.17) is 21.1 Å². The second-order valence-corrected chi connectivity index (χ2v) is 7.56. The summed E-state index contributed by atoms with van der Waals surface area (Å²) in [6, 6.07) is 2.94. The van der Waals surface area contributed by atoms with Gasteiger partial charge in [-0.3, -0.25) is 24.0 Å². The number of thiol groups is 1. The molecular weight excluding hydrogens is 472 g/mol. The monoisotopic (exact) mass is 498 g/mol. The third kappa shape index (κ3) is 9.87. The molecular formula is C20H26N4O9S. The van der Waals surface area contributed by atoms with Crippen LogP contribution in [0.4, 0.5) is 0 Å². The van der Waals surface area contributed by atoms with Crippen LogP contribution in [0.1, 0.15) is 18.4 Å². The molecule has 8 N–H and O–H groups in total. The van der Waals surface area contributed by atoms with Crippen molar-refractivity contribution in [2.24, 2.45) is 5.73 Å². The van der Waals surface area contributed by atoms with Crippen molar-refractivity contribution >= 4 is 48.3 Å². The smallest absolute Gasteiger partial charge is 0.326 e. The lowest BCUT2D eigenvalue weighted by Gasteiger charge is -2.23. The lowest BCUT2D eigenvalue weighted by atomic mass is 10.1. The predicted octanol–water partition coefficient (Wildman–Crippen LogP) is -2.03. The molecule has 0 aromatic heterocycles. The standard InChI is InChI=1S/C20H26N4O9S/c21-11(6-10-4-2-1-3-5-10)17(29)24-14(9-34)19(31)22-12(7-15(25)26)18(30)23-13(20(32)33)8-16(27)28/h1-5,11-14,34H,6-9,21H2,(H,22,31)(H,23,30)(H,24,29)(H,25,26)(H,27,28)(H,32,33). The number of carbonyl (C=O) groups is 6. The summed E-state index contributed by atoms with van der Waals surface area (Å²) < 4.78 is 0. The Labute approximate surface area is 199 Å². The maximum absolute atomic E-state index is 12.6. The summed E-state index contributed by atoms with van der Waals surface area (Å²) in [4.78, 5) is 70.4. The van der Waals surface area contributed by atoms with Crippen LogP contribution < -0.4 is 21.7 Å². The Kier molecular flexibility index (Phi) is 11.5. The number of aliphatic carboxylic acids is 3. The summed E-state index contributed by atoms with van der Waals surface area (Å²) in [6.07, 6.45) is -1.72. The number of carbonyl (C=O) groups excluding carboxylic acids is 3. The average molecular weight is 499 g/mol. The summed E-state index contributed by atoms with van der Waals surface area (Å²) in [7, 11) is 0. The number of hydrogen-bond donors (Lipinski definition) is 8. The number of rotatable bonds is 14. The van der Waals surface area contributed by atoms with Gasteiger partial charge >= 0.3 is 17.9 Å². The molecule has 0 fully saturated rings. The number of nitrogens with two attached hydrogens (primary N) is 1. The highest BCUT2D eigenvalue weighted by Gasteiger charge is 2.32. The first-order chi connectivity index (χ1) is 15.9. The van der Waals surface area contributed by atoms with E-state index in [-0.39, 0.29) is 12.2 Å². The van der Waals surface area contributed by atoms with Gasteiger partial charge in [0.2, 0.25) is 17.7 Å². The minimum absolute atomic E-state index is 0.178. The van der Waals surface area contributed by atoms with Crippen LogP contribution in [0.3, 0.4) is 0 Å². The molecule has 0 radical (unpaired) electrons. The molecule has 14 heteroatoms. The molecule has 186 valence electrons. The van der Waals surface area contributed by atoms with Gasteiger partial charge in [-0.05, 0) is 12.0 Å².